The van der Waals surface area contributed by atoms with Crippen LogP contribution in [0.25, 0.3) is 10.2 Å². The molecule has 0 aliphatic carbocycles. The minimum absolute atomic E-state index is 0.341. The summed E-state index contributed by atoms with van der Waals surface area (Å²) in [5, 5.41) is 3.64. The first kappa shape index (κ1) is 13.3. The van der Waals surface area contributed by atoms with E-state index >= 15 is 0 Å². The van der Waals surface area contributed by atoms with Crippen molar-refractivity contribution in [1.82, 2.24) is 4.98 Å². The second-order valence-electron chi connectivity index (χ2n) is 4.10. The minimum atomic E-state index is -0.341. The predicted octanol–water partition coefficient (Wildman–Crippen LogP) is 4.95. The molecular formula is C14H10BrFN2OS. The van der Waals surface area contributed by atoms with Crippen LogP contribution in [0, 0.1) is 5.82 Å². The fourth-order valence-electron chi connectivity index (χ4n) is 1.79. The number of anilines is 2. The molecule has 0 bridgehead atoms. The number of rotatable bonds is 3. The number of hydrogen-bond acceptors (Lipinski definition) is 4. The van der Waals surface area contributed by atoms with Gasteiger partial charge in [-0.2, -0.15) is 0 Å². The van der Waals surface area contributed by atoms with Crippen molar-refractivity contribution in [2.75, 3.05) is 12.4 Å². The van der Waals surface area contributed by atoms with Gasteiger partial charge in [0.2, 0.25) is 0 Å². The Morgan fingerprint density at radius 2 is 2.10 bits per heavy atom. The number of benzene rings is 2. The van der Waals surface area contributed by atoms with Gasteiger partial charge in [0.15, 0.2) is 5.13 Å². The van der Waals surface area contributed by atoms with Crippen molar-refractivity contribution in [3.8, 4) is 5.75 Å². The van der Waals surface area contributed by atoms with Gasteiger partial charge in [0.1, 0.15) is 11.6 Å². The largest absolute Gasteiger partial charge is 0.497 e. The molecular weight excluding hydrogens is 343 g/mol. The number of nitrogens with one attached hydrogen (secondary N) is 1. The number of aromatic nitrogens is 1. The van der Waals surface area contributed by atoms with E-state index in [0.29, 0.717) is 16.6 Å². The van der Waals surface area contributed by atoms with Crippen LogP contribution in [0.15, 0.2) is 40.9 Å². The lowest BCUT2D eigenvalue weighted by molar-refractivity contribution is 0.414. The average molecular weight is 353 g/mol. The maximum Gasteiger partial charge on any atom is 0.188 e. The summed E-state index contributed by atoms with van der Waals surface area (Å²) in [5.41, 5.74) is 1.23. The Bertz CT molecular complexity index is 775. The number of fused-ring (bicyclic) bond motifs is 1. The van der Waals surface area contributed by atoms with E-state index in [9.17, 15) is 4.39 Å². The van der Waals surface area contributed by atoms with Crippen LogP contribution in [0.5, 0.6) is 5.75 Å². The van der Waals surface area contributed by atoms with E-state index in [1.165, 1.54) is 17.4 Å². The smallest absolute Gasteiger partial charge is 0.188 e. The number of halogens is 2. The van der Waals surface area contributed by atoms with E-state index in [4.69, 9.17) is 4.74 Å². The Kier molecular flexibility index (Phi) is 3.58. The van der Waals surface area contributed by atoms with E-state index in [1.54, 1.807) is 19.2 Å². The van der Waals surface area contributed by atoms with E-state index in [2.05, 4.69) is 26.2 Å². The SMILES string of the molecule is COc1ccc(F)c(Nc2nc3ccc(Br)cc3s2)c1. The first-order valence-electron chi connectivity index (χ1n) is 5.82. The van der Waals surface area contributed by atoms with Crippen molar-refractivity contribution >= 4 is 48.3 Å². The van der Waals surface area contributed by atoms with Crippen LogP contribution >= 0.6 is 27.3 Å². The van der Waals surface area contributed by atoms with Gasteiger partial charge in [-0.1, -0.05) is 27.3 Å². The number of nitrogens with zero attached hydrogens (tertiary/aromatic N) is 1. The fraction of sp³-hybridized carbons (Fsp3) is 0.0714. The Balaban J connectivity index is 1.96. The third kappa shape index (κ3) is 2.62. The zero-order chi connectivity index (χ0) is 14.1. The summed E-state index contributed by atoms with van der Waals surface area (Å²) < 4.78 is 20.9. The van der Waals surface area contributed by atoms with Crippen LogP contribution in [0.3, 0.4) is 0 Å². The highest BCUT2D eigenvalue weighted by Crippen LogP contribution is 2.32. The normalized spacial score (nSPS) is 10.8. The highest BCUT2D eigenvalue weighted by Gasteiger charge is 2.08. The second-order valence-corrected chi connectivity index (χ2v) is 6.05. The van der Waals surface area contributed by atoms with Gasteiger partial charge in [-0.25, -0.2) is 9.37 Å². The molecule has 0 fully saturated rings. The van der Waals surface area contributed by atoms with Gasteiger partial charge < -0.3 is 10.1 Å². The zero-order valence-corrected chi connectivity index (χ0v) is 12.9. The molecule has 3 nitrogen and oxygen atoms in total. The van der Waals surface area contributed by atoms with Gasteiger partial charge in [0.25, 0.3) is 0 Å². The molecule has 1 aromatic heterocycles. The van der Waals surface area contributed by atoms with Gasteiger partial charge in [-0.3, -0.25) is 0 Å². The van der Waals surface area contributed by atoms with Crippen LogP contribution in [-0.4, -0.2) is 12.1 Å². The molecule has 1 N–H and O–H groups in total. The van der Waals surface area contributed by atoms with Crippen LogP contribution in [0.2, 0.25) is 0 Å². The lowest BCUT2D eigenvalue weighted by Gasteiger charge is -2.06. The molecule has 0 radical (unpaired) electrons. The van der Waals surface area contributed by atoms with Crippen LogP contribution < -0.4 is 10.1 Å². The van der Waals surface area contributed by atoms with Crippen LogP contribution in [0.4, 0.5) is 15.2 Å². The molecule has 0 aliphatic heterocycles. The lowest BCUT2D eigenvalue weighted by Crippen LogP contribution is -1.94. The first-order valence-corrected chi connectivity index (χ1v) is 7.43. The Morgan fingerprint density at radius 1 is 1.25 bits per heavy atom. The molecule has 0 aliphatic rings. The number of hydrogen-bond donors (Lipinski definition) is 1. The number of thiazole rings is 1. The molecule has 0 saturated heterocycles. The fourth-order valence-corrected chi connectivity index (χ4v) is 3.22. The summed E-state index contributed by atoms with van der Waals surface area (Å²) in [6.07, 6.45) is 0. The van der Waals surface area contributed by atoms with Crippen molar-refractivity contribution in [2.45, 2.75) is 0 Å². The molecule has 3 aromatic rings. The van der Waals surface area contributed by atoms with Gasteiger partial charge in [0.05, 0.1) is 23.0 Å². The van der Waals surface area contributed by atoms with Crippen molar-refractivity contribution in [2.24, 2.45) is 0 Å². The summed E-state index contributed by atoms with van der Waals surface area (Å²) in [4.78, 5) is 4.42. The monoisotopic (exact) mass is 352 g/mol. The molecule has 3 rings (SSSR count). The maximum absolute atomic E-state index is 13.8. The average Bonchev–Trinajstić information content (AvgIpc) is 2.82. The Morgan fingerprint density at radius 3 is 2.90 bits per heavy atom. The van der Waals surface area contributed by atoms with Gasteiger partial charge >= 0.3 is 0 Å². The number of methoxy groups -OCH3 is 1. The Labute approximate surface area is 127 Å². The summed E-state index contributed by atoms with van der Waals surface area (Å²) in [5.74, 6) is 0.254. The Hall–Kier alpha value is -1.66. The summed E-state index contributed by atoms with van der Waals surface area (Å²) in [6, 6.07) is 10.4. The molecule has 0 atom stereocenters. The molecule has 102 valence electrons. The highest BCUT2D eigenvalue weighted by atomic mass is 79.9. The van der Waals surface area contributed by atoms with E-state index < -0.39 is 0 Å². The van der Waals surface area contributed by atoms with Crippen molar-refractivity contribution in [3.05, 3.63) is 46.7 Å². The molecule has 0 spiro atoms. The van der Waals surface area contributed by atoms with Gasteiger partial charge in [-0.05, 0) is 30.3 Å². The number of ether oxygens (including phenoxy) is 1. The minimum Gasteiger partial charge on any atom is -0.497 e. The molecule has 20 heavy (non-hydrogen) atoms. The van der Waals surface area contributed by atoms with Crippen LogP contribution in [-0.2, 0) is 0 Å². The molecule has 1 heterocycles. The first-order chi connectivity index (χ1) is 9.65. The predicted molar refractivity (Wildman–Crippen MR) is 83.6 cm³/mol. The molecule has 0 unspecified atom stereocenters. The third-order valence-electron chi connectivity index (χ3n) is 2.77. The molecule has 0 amide bonds. The zero-order valence-electron chi connectivity index (χ0n) is 10.5. The molecule has 6 heteroatoms. The van der Waals surface area contributed by atoms with Gasteiger partial charge in [0, 0.05) is 10.5 Å². The second kappa shape index (κ2) is 5.38. The summed E-state index contributed by atoms with van der Waals surface area (Å²) >= 11 is 4.89. The van der Waals surface area contributed by atoms with E-state index in [-0.39, 0.29) is 5.82 Å². The molecule has 0 saturated carbocycles. The van der Waals surface area contributed by atoms with E-state index in [1.807, 2.05) is 18.2 Å². The standard InChI is InChI=1S/C14H10BrFN2OS/c1-19-9-3-4-10(16)12(7-9)18-14-17-11-5-2-8(15)6-13(11)20-14/h2-7H,1H3,(H,17,18). The quantitative estimate of drug-likeness (QED) is 0.723. The topological polar surface area (TPSA) is 34.1 Å². The maximum atomic E-state index is 13.8. The molecule has 2 aromatic carbocycles. The van der Waals surface area contributed by atoms with Gasteiger partial charge in [-0.15, -0.1) is 0 Å². The summed E-state index contributed by atoms with van der Waals surface area (Å²) in [7, 11) is 1.55. The highest BCUT2D eigenvalue weighted by molar-refractivity contribution is 9.10. The van der Waals surface area contributed by atoms with Crippen molar-refractivity contribution in [3.63, 3.8) is 0 Å². The third-order valence-corrected chi connectivity index (χ3v) is 4.19. The van der Waals surface area contributed by atoms with Crippen molar-refractivity contribution < 1.29 is 9.13 Å². The van der Waals surface area contributed by atoms with E-state index in [0.717, 1.165) is 14.7 Å². The van der Waals surface area contributed by atoms with Crippen LogP contribution in [0.1, 0.15) is 0 Å². The van der Waals surface area contributed by atoms with Crippen molar-refractivity contribution in [1.29, 1.82) is 0 Å². The lowest BCUT2D eigenvalue weighted by atomic mass is 10.3. The summed E-state index contributed by atoms with van der Waals surface area (Å²) in [6.45, 7) is 0.